The molecule has 108 valence electrons. The third kappa shape index (κ3) is 2.68. The maximum atomic E-state index is 12.0. The van der Waals surface area contributed by atoms with Crippen molar-refractivity contribution in [1.29, 1.82) is 0 Å². The summed E-state index contributed by atoms with van der Waals surface area (Å²) in [6, 6.07) is 0.0396. The molecule has 2 rings (SSSR count). The molecule has 0 radical (unpaired) electrons. The number of methoxy groups -OCH3 is 1. The highest BCUT2D eigenvalue weighted by molar-refractivity contribution is 5.76. The van der Waals surface area contributed by atoms with Crippen LogP contribution in [0.2, 0.25) is 0 Å². The molecule has 6 nitrogen and oxygen atoms in total. The molecular weight excluding hydrogens is 248 g/mol. The summed E-state index contributed by atoms with van der Waals surface area (Å²) >= 11 is 0. The van der Waals surface area contributed by atoms with Crippen LogP contribution in [-0.4, -0.2) is 54.4 Å². The second kappa shape index (κ2) is 5.00. The van der Waals surface area contributed by atoms with Crippen LogP contribution in [-0.2, 0) is 9.53 Å². The first-order valence-corrected chi connectivity index (χ1v) is 6.64. The van der Waals surface area contributed by atoms with Crippen LogP contribution in [0.3, 0.4) is 0 Å². The van der Waals surface area contributed by atoms with Crippen molar-refractivity contribution in [3.05, 3.63) is 0 Å². The van der Waals surface area contributed by atoms with Gasteiger partial charge in [0.25, 0.3) is 0 Å². The van der Waals surface area contributed by atoms with Crippen molar-refractivity contribution >= 4 is 12.0 Å². The molecule has 1 aliphatic carbocycles. The Morgan fingerprint density at radius 2 is 2.05 bits per heavy atom. The van der Waals surface area contributed by atoms with Crippen LogP contribution >= 0.6 is 0 Å². The Morgan fingerprint density at radius 1 is 1.42 bits per heavy atom. The number of nitrogens with one attached hydrogen (secondary N) is 1. The number of nitrogens with zero attached hydrogens (tertiary/aromatic N) is 1. The van der Waals surface area contributed by atoms with Crippen molar-refractivity contribution in [3.63, 3.8) is 0 Å². The molecule has 2 aliphatic rings. The molecular formula is C13H22N2O4. The van der Waals surface area contributed by atoms with Gasteiger partial charge in [-0.3, -0.25) is 4.79 Å². The lowest BCUT2D eigenvalue weighted by molar-refractivity contribution is -0.139. The molecule has 6 heteroatoms. The Labute approximate surface area is 113 Å². The molecule has 0 bridgehead atoms. The summed E-state index contributed by atoms with van der Waals surface area (Å²) < 4.78 is 5.34. The third-order valence-corrected chi connectivity index (χ3v) is 4.47. The number of hydrogen-bond acceptors (Lipinski definition) is 3. The first kappa shape index (κ1) is 14.1. The highest BCUT2D eigenvalue weighted by atomic mass is 16.5. The summed E-state index contributed by atoms with van der Waals surface area (Å²) in [4.78, 5) is 24.2. The molecule has 2 fully saturated rings. The number of ether oxygens (including phenoxy) is 1. The van der Waals surface area contributed by atoms with Gasteiger partial charge in [0.15, 0.2) is 0 Å². The lowest BCUT2D eigenvalue weighted by atomic mass is 9.64. The summed E-state index contributed by atoms with van der Waals surface area (Å²) in [7, 11) is 1.69. The molecule has 2 atom stereocenters. The van der Waals surface area contributed by atoms with Crippen LogP contribution in [0.4, 0.5) is 4.79 Å². The summed E-state index contributed by atoms with van der Waals surface area (Å²) in [5.74, 6) is -0.697. The Balaban J connectivity index is 1.74. The standard InChI is InChI=1S/C13H22N2O4/c1-13(2)9(5-10(13)19-3)14-12(18)15-6-8(7-15)4-11(16)17/h8-10H,4-7H2,1-3H3,(H,14,18)(H,16,17). The molecule has 1 saturated heterocycles. The Bertz CT molecular complexity index is 377. The predicted molar refractivity (Wildman–Crippen MR) is 68.8 cm³/mol. The van der Waals surface area contributed by atoms with E-state index in [1.54, 1.807) is 12.0 Å². The third-order valence-electron chi connectivity index (χ3n) is 4.47. The maximum Gasteiger partial charge on any atom is 0.317 e. The molecule has 0 aromatic heterocycles. The smallest absolute Gasteiger partial charge is 0.317 e. The van der Waals surface area contributed by atoms with Crippen molar-refractivity contribution in [1.82, 2.24) is 10.2 Å². The summed E-state index contributed by atoms with van der Waals surface area (Å²) in [6.07, 6.45) is 1.17. The van der Waals surface area contributed by atoms with Gasteiger partial charge in [-0.25, -0.2) is 4.79 Å². The number of urea groups is 1. The van der Waals surface area contributed by atoms with Gasteiger partial charge >= 0.3 is 12.0 Å². The van der Waals surface area contributed by atoms with Crippen LogP contribution in [0.25, 0.3) is 0 Å². The quantitative estimate of drug-likeness (QED) is 0.796. The molecule has 2 amide bonds. The molecule has 0 aromatic carbocycles. The lowest BCUT2D eigenvalue weighted by Gasteiger charge is -2.52. The minimum absolute atomic E-state index is 0.0459. The number of carbonyl (C=O) groups is 2. The van der Waals surface area contributed by atoms with Gasteiger partial charge in [0.1, 0.15) is 0 Å². The number of carboxylic acids is 1. The van der Waals surface area contributed by atoms with Crippen molar-refractivity contribution in [2.75, 3.05) is 20.2 Å². The van der Waals surface area contributed by atoms with Gasteiger partial charge < -0.3 is 20.1 Å². The van der Waals surface area contributed by atoms with E-state index in [1.165, 1.54) is 0 Å². The highest BCUT2D eigenvalue weighted by Crippen LogP contribution is 2.42. The van der Waals surface area contributed by atoms with Crippen molar-refractivity contribution in [2.24, 2.45) is 11.3 Å². The van der Waals surface area contributed by atoms with Crippen molar-refractivity contribution in [3.8, 4) is 0 Å². The van der Waals surface area contributed by atoms with Crippen LogP contribution in [0.5, 0.6) is 0 Å². The van der Waals surface area contributed by atoms with Crippen LogP contribution in [0, 0.1) is 11.3 Å². The molecule has 2 N–H and O–H groups in total. The van der Waals surface area contributed by atoms with Crippen LogP contribution in [0.15, 0.2) is 0 Å². The lowest BCUT2D eigenvalue weighted by Crippen LogP contribution is -2.65. The van der Waals surface area contributed by atoms with E-state index in [0.717, 1.165) is 6.42 Å². The number of aliphatic carboxylic acids is 1. The zero-order valence-electron chi connectivity index (χ0n) is 11.7. The fraction of sp³-hybridized carbons (Fsp3) is 0.846. The van der Waals surface area contributed by atoms with Gasteiger partial charge in [0, 0.05) is 37.6 Å². The van der Waals surface area contributed by atoms with Gasteiger partial charge in [-0.2, -0.15) is 0 Å². The summed E-state index contributed by atoms with van der Waals surface area (Å²) in [5.41, 5.74) is -0.0459. The number of amides is 2. The van der Waals surface area contributed by atoms with Crippen LogP contribution < -0.4 is 5.32 Å². The Hall–Kier alpha value is -1.30. The van der Waals surface area contributed by atoms with E-state index in [0.29, 0.717) is 13.1 Å². The number of hydrogen-bond donors (Lipinski definition) is 2. The largest absolute Gasteiger partial charge is 0.481 e. The number of carboxylic acid groups (broad SMARTS) is 1. The minimum atomic E-state index is -0.798. The molecule has 2 unspecified atom stereocenters. The summed E-state index contributed by atoms with van der Waals surface area (Å²) in [5, 5.41) is 11.7. The zero-order chi connectivity index (χ0) is 14.2. The molecule has 1 heterocycles. The topological polar surface area (TPSA) is 78.9 Å². The second-order valence-electron chi connectivity index (χ2n) is 6.15. The SMILES string of the molecule is COC1CC(NC(=O)N2CC(CC(=O)O)C2)C1(C)C. The first-order chi connectivity index (χ1) is 8.84. The second-order valence-corrected chi connectivity index (χ2v) is 6.15. The van der Waals surface area contributed by atoms with E-state index >= 15 is 0 Å². The van der Waals surface area contributed by atoms with Gasteiger partial charge in [0.05, 0.1) is 12.5 Å². The van der Waals surface area contributed by atoms with Gasteiger partial charge in [-0.05, 0) is 6.42 Å². The fourth-order valence-corrected chi connectivity index (χ4v) is 2.88. The monoisotopic (exact) mass is 270 g/mol. The minimum Gasteiger partial charge on any atom is -0.481 e. The maximum absolute atomic E-state index is 12.0. The normalized spacial score (nSPS) is 29.3. The number of carbonyl (C=O) groups excluding carboxylic acids is 1. The number of likely N-dealkylation sites (tertiary alicyclic amines) is 1. The zero-order valence-corrected chi connectivity index (χ0v) is 11.7. The number of rotatable bonds is 4. The van der Waals surface area contributed by atoms with E-state index in [1.807, 2.05) is 0 Å². The van der Waals surface area contributed by atoms with Crippen LogP contribution in [0.1, 0.15) is 26.7 Å². The summed E-state index contributed by atoms with van der Waals surface area (Å²) in [6.45, 7) is 5.25. The Morgan fingerprint density at radius 3 is 2.53 bits per heavy atom. The molecule has 1 saturated carbocycles. The highest BCUT2D eigenvalue weighted by Gasteiger charge is 2.50. The predicted octanol–water partition coefficient (Wildman–Crippen LogP) is 0.916. The molecule has 1 aliphatic heterocycles. The van der Waals surface area contributed by atoms with Gasteiger partial charge in [-0.1, -0.05) is 13.8 Å². The first-order valence-electron chi connectivity index (χ1n) is 6.64. The van der Waals surface area contributed by atoms with E-state index in [9.17, 15) is 9.59 Å². The average molecular weight is 270 g/mol. The Kier molecular flexibility index (Phi) is 3.71. The average Bonchev–Trinajstić information content (AvgIpc) is 2.27. The molecule has 19 heavy (non-hydrogen) atoms. The van der Waals surface area contributed by atoms with Gasteiger partial charge in [0.2, 0.25) is 0 Å². The molecule has 0 aromatic rings. The van der Waals surface area contributed by atoms with E-state index < -0.39 is 5.97 Å². The fourth-order valence-electron chi connectivity index (χ4n) is 2.88. The molecule has 0 spiro atoms. The van der Waals surface area contributed by atoms with E-state index in [2.05, 4.69) is 19.2 Å². The van der Waals surface area contributed by atoms with Crippen molar-refractivity contribution < 1.29 is 19.4 Å². The van der Waals surface area contributed by atoms with Crippen molar-refractivity contribution in [2.45, 2.75) is 38.8 Å². The van der Waals surface area contributed by atoms with Gasteiger partial charge in [-0.15, -0.1) is 0 Å². The van der Waals surface area contributed by atoms with E-state index in [-0.39, 0.29) is 35.9 Å². The van der Waals surface area contributed by atoms with E-state index in [4.69, 9.17) is 9.84 Å².